The molecule has 0 saturated heterocycles. The first kappa shape index (κ1) is 43.1. The number of aromatic nitrogens is 2. The van der Waals surface area contributed by atoms with Gasteiger partial charge < -0.3 is 0 Å². The van der Waals surface area contributed by atoms with Gasteiger partial charge >= 0.3 is 17.9 Å². The molecule has 2 rings (SSSR count). The first-order chi connectivity index (χ1) is 17.5. The number of hydrogen-bond acceptors (Lipinski definition) is 8. The summed E-state index contributed by atoms with van der Waals surface area (Å²) in [5.41, 5.74) is 0. The van der Waals surface area contributed by atoms with Crippen LogP contribution in [-0.2, 0) is 8.26 Å². The lowest BCUT2D eigenvalue weighted by atomic mass is 10.1. The van der Waals surface area contributed by atoms with E-state index in [1.807, 2.05) is 38.8 Å². The van der Waals surface area contributed by atoms with Crippen molar-refractivity contribution in [2.24, 2.45) is 0 Å². The molecule has 4 nitrogen and oxygen atoms in total. The molecule has 0 aliphatic rings. The van der Waals surface area contributed by atoms with Crippen LogP contribution in [-0.4, -0.2) is 57.7 Å². The topological polar surface area (TPSA) is 59.9 Å². The largest absolute Gasteiger partial charge is 0.348 e. The van der Waals surface area contributed by atoms with E-state index in [-0.39, 0.29) is 11.5 Å². The highest BCUT2D eigenvalue weighted by Gasteiger charge is 2.52. The van der Waals surface area contributed by atoms with Gasteiger partial charge in [0.1, 0.15) is 8.68 Å². The summed E-state index contributed by atoms with van der Waals surface area (Å²) in [5, 5.41) is -4.40. The molecule has 0 spiro atoms. The Morgan fingerprint density at radius 1 is 0.949 bits per heavy atom. The van der Waals surface area contributed by atoms with Gasteiger partial charge in [-0.1, -0.05) is 82.9 Å². The molecule has 2 radical (unpaired) electrons. The van der Waals surface area contributed by atoms with Crippen LogP contribution in [0.3, 0.4) is 0 Å². The highest BCUT2D eigenvalue weighted by Crippen LogP contribution is 2.45. The molecular formula is C16H16BBr2Cl5F6N2O2S5. The molecular weight excluding hydrogens is 874 g/mol. The number of thioether (sulfide) groups is 2. The van der Waals surface area contributed by atoms with Gasteiger partial charge in [-0.3, -0.25) is 0 Å². The van der Waals surface area contributed by atoms with Gasteiger partial charge in [0.25, 0.3) is 10.3 Å². The molecule has 2 unspecified atom stereocenters. The van der Waals surface area contributed by atoms with Crippen LogP contribution >= 0.6 is 134 Å². The fourth-order valence-corrected chi connectivity index (χ4v) is 6.18. The minimum absolute atomic E-state index is 0.0883. The predicted octanol–water partition coefficient (Wildman–Crippen LogP) is 11.0. The third-order valence-electron chi connectivity index (χ3n) is 2.98. The van der Waals surface area contributed by atoms with Crippen LogP contribution in [0.5, 0.6) is 0 Å². The molecule has 226 valence electrons. The van der Waals surface area contributed by atoms with Gasteiger partial charge in [0.2, 0.25) is 0 Å². The van der Waals surface area contributed by atoms with Crippen molar-refractivity contribution in [1.29, 1.82) is 0 Å². The summed E-state index contributed by atoms with van der Waals surface area (Å²) in [5.74, 6) is 0.236. The monoisotopic (exact) mass is 886 g/mol. The summed E-state index contributed by atoms with van der Waals surface area (Å²) < 4.78 is 96.8. The molecule has 2 aromatic rings. The first-order valence-electron chi connectivity index (χ1n) is 9.46. The van der Waals surface area contributed by atoms with Gasteiger partial charge in [0.15, 0.2) is 4.34 Å². The standard InChI is InChI=1S/C7H5BrCl2F3NS2.C7H6BrClF3NS2.C2H5B.Cl2O2S/c8-7(12,13)6(10,11)1-2-15-5-14-3-4(9)16-5;8-7(11,12)6(9,10)1-3-14-5-13-2-4-15-5;1-2-3;1-5(2,3)4/h3H,1-2H2;2,4H,1,3H2;2H2,1H3;. The SMILES string of the molecule is FC(F)(Br)C(F)(Cl)CCSc1ncc(Cl)s1.FC(F)(Br)C(F)(Cl)CCSc1nccs1.O=S(=O)(Cl)Cl.[B]CC. The van der Waals surface area contributed by atoms with Gasteiger partial charge in [0, 0.05) is 57.3 Å². The van der Waals surface area contributed by atoms with E-state index < -0.39 is 41.0 Å². The van der Waals surface area contributed by atoms with E-state index in [0.29, 0.717) is 13.0 Å². The maximum Gasteiger partial charge on any atom is 0.348 e. The number of alkyl halides is 10. The lowest BCUT2D eigenvalue weighted by Gasteiger charge is -2.22. The summed E-state index contributed by atoms with van der Waals surface area (Å²) >= 11 is 24.5. The number of hydrogen-bond donors (Lipinski definition) is 0. The molecule has 0 aromatic carbocycles. The van der Waals surface area contributed by atoms with Crippen LogP contribution in [0.25, 0.3) is 0 Å². The van der Waals surface area contributed by atoms with Crippen LogP contribution in [0.2, 0.25) is 10.7 Å². The Labute approximate surface area is 280 Å². The second-order valence-corrected chi connectivity index (χ2v) is 18.2. The summed E-state index contributed by atoms with van der Waals surface area (Å²) in [6.07, 6.45) is 2.82. The molecule has 2 aromatic heterocycles. The van der Waals surface area contributed by atoms with E-state index in [4.69, 9.17) is 51.1 Å². The van der Waals surface area contributed by atoms with E-state index in [0.717, 1.165) is 18.1 Å². The van der Waals surface area contributed by atoms with Crippen molar-refractivity contribution in [2.75, 3.05) is 11.5 Å². The second-order valence-electron chi connectivity index (χ2n) is 6.12. The van der Waals surface area contributed by atoms with Crippen LogP contribution in [0.4, 0.5) is 26.3 Å². The van der Waals surface area contributed by atoms with Gasteiger partial charge in [-0.05, 0) is 31.9 Å². The highest BCUT2D eigenvalue weighted by atomic mass is 79.9. The fraction of sp³-hybridized carbons (Fsp3) is 0.625. The van der Waals surface area contributed by atoms with Crippen LogP contribution in [0, 0.1) is 0 Å². The Morgan fingerprint density at radius 2 is 1.33 bits per heavy atom. The molecule has 0 amide bonds. The van der Waals surface area contributed by atoms with Gasteiger partial charge in [-0.15, -0.1) is 11.3 Å². The average Bonchev–Trinajstić information content (AvgIpc) is 3.38. The Hall–Kier alpha value is 1.96. The van der Waals surface area contributed by atoms with Crippen molar-refractivity contribution >= 4 is 150 Å². The van der Waals surface area contributed by atoms with Crippen molar-refractivity contribution in [1.82, 2.24) is 9.97 Å². The van der Waals surface area contributed by atoms with Crippen LogP contribution in [0.1, 0.15) is 19.8 Å². The number of rotatable bonds is 10. The molecule has 23 heteroatoms. The first-order valence-corrected chi connectivity index (χ1v) is 19.0. The summed E-state index contributed by atoms with van der Waals surface area (Å²) in [6, 6.07) is 0. The van der Waals surface area contributed by atoms with Crippen molar-refractivity contribution in [3.05, 3.63) is 22.1 Å². The molecule has 2 heterocycles. The average molecular weight is 891 g/mol. The molecule has 0 N–H and O–H groups in total. The van der Waals surface area contributed by atoms with E-state index >= 15 is 0 Å². The maximum absolute atomic E-state index is 13.2. The van der Waals surface area contributed by atoms with Crippen LogP contribution < -0.4 is 0 Å². The fourth-order valence-electron chi connectivity index (χ4n) is 1.40. The smallest absolute Gasteiger partial charge is 0.238 e. The zero-order chi connectivity index (χ0) is 31.1. The Balaban J connectivity index is 0. The third-order valence-corrected chi connectivity index (χ3v) is 9.79. The lowest BCUT2D eigenvalue weighted by Crippen LogP contribution is -2.34. The van der Waals surface area contributed by atoms with Gasteiger partial charge in [0.05, 0.1) is 14.0 Å². The maximum atomic E-state index is 13.2. The van der Waals surface area contributed by atoms with Crippen molar-refractivity contribution in [3.63, 3.8) is 0 Å². The van der Waals surface area contributed by atoms with Gasteiger partial charge in [-0.2, -0.15) is 26.0 Å². The Kier molecular flexibility index (Phi) is 22.2. The predicted molar refractivity (Wildman–Crippen MR) is 164 cm³/mol. The van der Waals surface area contributed by atoms with Crippen molar-refractivity contribution < 1.29 is 34.8 Å². The summed E-state index contributed by atoms with van der Waals surface area (Å²) in [7, 11) is 9.66. The number of thiazole rings is 2. The minimum atomic E-state index is -3.75. The van der Waals surface area contributed by atoms with Gasteiger partial charge in [-0.25, -0.2) is 18.7 Å². The van der Waals surface area contributed by atoms with Crippen molar-refractivity contribution in [3.8, 4) is 0 Å². The molecule has 0 aliphatic heterocycles. The molecule has 0 fully saturated rings. The van der Waals surface area contributed by atoms with E-state index in [9.17, 15) is 26.3 Å². The third kappa shape index (κ3) is 23.1. The number of halogens is 13. The van der Waals surface area contributed by atoms with E-state index in [2.05, 4.69) is 31.3 Å². The van der Waals surface area contributed by atoms with E-state index in [1.165, 1.54) is 40.6 Å². The molecule has 0 saturated carbocycles. The minimum Gasteiger partial charge on any atom is -0.238 e. The summed E-state index contributed by atoms with van der Waals surface area (Å²) in [4.78, 5) is 0.332. The zero-order valence-electron chi connectivity index (χ0n) is 19.0. The molecule has 39 heavy (non-hydrogen) atoms. The zero-order valence-corrected chi connectivity index (χ0v) is 30.0. The summed E-state index contributed by atoms with van der Waals surface area (Å²) in [6.45, 7) is 1.90. The molecule has 0 aliphatic carbocycles. The van der Waals surface area contributed by atoms with Crippen molar-refractivity contribution in [2.45, 2.75) is 54.7 Å². The van der Waals surface area contributed by atoms with E-state index in [1.54, 1.807) is 11.6 Å². The Bertz CT molecular complexity index is 1030. The molecule has 2 atom stereocenters. The second kappa shape index (κ2) is 20.1. The Morgan fingerprint density at radius 3 is 1.62 bits per heavy atom. The quantitative estimate of drug-likeness (QED) is 0.0779. The molecule has 0 bridgehead atoms. The normalized spacial score (nSPS) is 14.8. The van der Waals surface area contributed by atoms with Crippen LogP contribution in [0.15, 0.2) is 26.5 Å². The highest BCUT2D eigenvalue weighted by molar-refractivity contribution is 9.10. The number of nitrogens with zero attached hydrogens (tertiary/aromatic N) is 2. The lowest BCUT2D eigenvalue weighted by molar-refractivity contribution is -0.00623.